The highest BCUT2D eigenvalue weighted by Crippen LogP contribution is 2.32. The lowest BCUT2D eigenvalue weighted by atomic mass is 10.2. The second-order valence-electron chi connectivity index (χ2n) is 9.61. The van der Waals surface area contributed by atoms with Crippen molar-refractivity contribution in [1.29, 1.82) is 0 Å². The Morgan fingerprint density at radius 3 is 2.77 bits per heavy atom. The van der Waals surface area contributed by atoms with Crippen LogP contribution < -0.4 is 10.2 Å². The molecule has 10 nitrogen and oxygen atoms in total. The van der Waals surface area contributed by atoms with Crippen LogP contribution in [0.25, 0.3) is 28.2 Å². The largest absolute Gasteiger partial charge is 0.383 e. The Balaban J connectivity index is 1.70. The maximum atomic E-state index is 5.65. The van der Waals surface area contributed by atoms with Gasteiger partial charge >= 0.3 is 0 Å². The van der Waals surface area contributed by atoms with Crippen molar-refractivity contribution in [3.05, 3.63) is 30.2 Å². The summed E-state index contributed by atoms with van der Waals surface area (Å²) in [7, 11) is 1.73. The van der Waals surface area contributed by atoms with Crippen molar-refractivity contribution in [2.24, 2.45) is 0 Å². The van der Waals surface area contributed by atoms with E-state index in [0.29, 0.717) is 24.1 Å². The summed E-state index contributed by atoms with van der Waals surface area (Å²) in [5.74, 6) is 2.28. The molecule has 0 radical (unpaired) electrons. The van der Waals surface area contributed by atoms with Crippen molar-refractivity contribution in [3.8, 4) is 11.5 Å². The first kappa shape index (κ1) is 23.5. The number of hydrogen-bond donors (Lipinski definition) is 1. The quantitative estimate of drug-likeness (QED) is 0.430. The first-order chi connectivity index (χ1) is 16.9. The molecule has 4 aromatic rings. The number of anilines is 2. The molecule has 0 saturated carbocycles. The van der Waals surface area contributed by atoms with Crippen molar-refractivity contribution in [2.45, 2.75) is 52.7 Å². The zero-order valence-electron chi connectivity index (χ0n) is 21.3. The van der Waals surface area contributed by atoms with E-state index >= 15 is 0 Å². The molecule has 1 aliphatic rings. The van der Waals surface area contributed by atoms with Crippen LogP contribution in [0.1, 0.15) is 39.6 Å². The molecule has 0 bridgehead atoms. The van der Waals surface area contributed by atoms with E-state index in [4.69, 9.17) is 19.4 Å². The van der Waals surface area contributed by atoms with Gasteiger partial charge in [0, 0.05) is 37.6 Å². The maximum absolute atomic E-state index is 5.65. The Kier molecular flexibility index (Phi) is 6.33. The van der Waals surface area contributed by atoms with Gasteiger partial charge < -0.3 is 24.3 Å². The van der Waals surface area contributed by atoms with Gasteiger partial charge in [0.2, 0.25) is 5.65 Å². The second kappa shape index (κ2) is 9.43. The standard InChI is InChI=1S/C25H34N8O2/c1-15(2)26-23-25-30-29-18(5)32(25)12-21(27-23)24-28-20-8-7-19(31-9-10-35-14-16(31)3)11-22(20)33(24)17(4)13-34-6/h7-8,11-12,15-17H,9-10,13-14H2,1-6H3,(H,26,27). The Labute approximate surface area is 205 Å². The molecule has 2 atom stereocenters. The summed E-state index contributed by atoms with van der Waals surface area (Å²) in [5.41, 5.74) is 4.61. The molecule has 1 aliphatic heterocycles. The van der Waals surface area contributed by atoms with Crippen LogP contribution in [0.5, 0.6) is 0 Å². The normalized spacial score (nSPS) is 17.6. The third-order valence-electron chi connectivity index (χ3n) is 6.44. The van der Waals surface area contributed by atoms with Gasteiger partial charge in [0.05, 0.1) is 36.9 Å². The number of aryl methyl sites for hydroxylation is 1. The van der Waals surface area contributed by atoms with Crippen LogP contribution in [-0.4, -0.2) is 74.7 Å². The molecule has 1 N–H and O–H groups in total. The van der Waals surface area contributed by atoms with Crippen LogP contribution >= 0.6 is 0 Å². The number of benzene rings is 1. The molecule has 186 valence electrons. The van der Waals surface area contributed by atoms with Gasteiger partial charge in [-0.15, -0.1) is 10.2 Å². The van der Waals surface area contributed by atoms with E-state index in [1.54, 1.807) is 7.11 Å². The number of nitrogens with zero attached hydrogens (tertiary/aromatic N) is 7. The van der Waals surface area contributed by atoms with E-state index < -0.39 is 0 Å². The Hall–Kier alpha value is -3.24. The molecule has 1 saturated heterocycles. The van der Waals surface area contributed by atoms with E-state index in [9.17, 15) is 0 Å². The smallest absolute Gasteiger partial charge is 0.203 e. The Morgan fingerprint density at radius 2 is 2.03 bits per heavy atom. The number of fused-ring (bicyclic) bond motifs is 2. The Morgan fingerprint density at radius 1 is 1.20 bits per heavy atom. The molecular formula is C25H34N8O2. The van der Waals surface area contributed by atoms with Crippen molar-refractivity contribution in [2.75, 3.05) is 43.7 Å². The van der Waals surface area contributed by atoms with Crippen molar-refractivity contribution < 1.29 is 9.47 Å². The van der Waals surface area contributed by atoms with Crippen LogP contribution in [0.15, 0.2) is 24.4 Å². The van der Waals surface area contributed by atoms with Gasteiger partial charge in [-0.2, -0.15) is 0 Å². The SMILES string of the molecule is COCC(C)n1c(-c2cn3c(C)nnc3c(NC(C)C)n2)nc2ccc(N3CCOCC3C)cc21. The first-order valence-electron chi connectivity index (χ1n) is 12.2. The van der Waals surface area contributed by atoms with E-state index in [0.717, 1.165) is 48.1 Å². The van der Waals surface area contributed by atoms with E-state index in [-0.39, 0.29) is 12.1 Å². The van der Waals surface area contributed by atoms with Crippen LogP contribution in [0.2, 0.25) is 0 Å². The lowest BCUT2D eigenvalue weighted by Crippen LogP contribution is -2.43. The summed E-state index contributed by atoms with van der Waals surface area (Å²) in [6.07, 6.45) is 1.97. The molecule has 35 heavy (non-hydrogen) atoms. The third-order valence-corrected chi connectivity index (χ3v) is 6.44. The number of morpholine rings is 1. The van der Waals surface area contributed by atoms with Crippen LogP contribution in [0.3, 0.4) is 0 Å². The molecule has 1 aromatic carbocycles. The number of aromatic nitrogens is 6. The summed E-state index contributed by atoms with van der Waals surface area (Å²) in [6.45, 7) is 13.3. The van der Waals surface area contributed by atoms with Crippen LogP contribution in [0, 0.1) is 6.92 Å². The van der Waals surface area contributed by atoms with E-state index in [1.165, 1.54) is 5.69 Å². The van der Waals surface area contributed by atoms with Gasteiger partial charge in [0.15, 0.2) is 11.6 Å². The zero-order chi connectivity index (χ0) is 24.7. The third kappa shape index (κ3) is 4.32. The molecule has 0 amide bonds. The van der Waals surface area contributed by atoms with Gasteiger partial charge in [-0.1, -0.05) is 0 Å². The topological polar surface area (TPSA) is 94.6 Å². The average Bonchev–Trinajstić information content (AvgIpc) is 3.39. The Bertz CT molecular complexity index is 1340. The predicted molar refractivity (Wildman–Crippen MR) is 137 cm³/mol. The number of ether oxygens (including phenoxy) is 2. The fraction of sp³-hybridized carbons (Fsp3) is 0.520. The number of methoxy groups -OCH3 is 1. The summed E-state index contributed by atoms with van der Waals surface area (Å²) < 4.78 is 15.4. The lowest BCUT2D eigenvalue weighted by Gasteiger charge is -2.35. The molecule has 2 unspecified atom stereocenters. The minimum atomic E-state index is 0.0541. The summed E-state index contributed by atoms with van der Waals surface area (Å²) in [4.78, 5) is 12.4. The molecule has 4 heterocycles. The molecule has 10 heteroatoms. The van der Waals surface area contributed by atoms with Gasteiger partial charge in [0.1, 0.15) is 11.5 Å². The fourth-order valence-corrected chi connectivity index (χ4v) is 4.80. The van der Waals surface area contributed by atoms with Crippen molar-refractivity contribution in [1.82, 2.24) is 29.1 Å². The molecule has 0 aliphatic carbocycles. The highest BCUT2D eigenvalue weighted by Gasteiger charge is 2.24. The van der Waals surface area contributed by atoms with Gasteiger partial charge in [-0.05, 0) is 52.8 Å². The van der Waals surface area contributed by atoms with Gasteiger partial charge in [-0.3, -0.25) is 4.40 Å². The zero-order valence-corrected chi connectivity index (χ0v) is 21.3. The van der Waals surface area contributed by atoms with Crippen LogP contribution in [0.4, 0.5) is 11.5 Å². The molecule has 0 spiro atoms. The number of rotatable bonds is 7. The second-order valence-corrected chi connectivity index (χ2v) is 9.61. The van der Waals surface area contributed by atoms with Crippen molar-refractivity contribution >= 4 is 28.2 Å². The number of imidazole rings is 1. The minimum Gasteiger partial charge on any atom is -0.383 e. The van der Waals surface area contributed by atoms with E-state index in [2.05, 4.69) is 70.9 Å². The first-order valence-corrected chi connectivity index (χ1v) is 12.2. The molecule has 3 aromatic heterocycles. The monoisotopic (exact) mass is 478 g/mol. The number of nitrogens with one attached hydrogen (secondary N) is 1. The van der Waals surface area contributed by atoms with Crippen molar-refractivity contribution in [3.63, 3.8) is 0 Å². The summed E-state index contributed by atoms with van der Waals surface area (Å²) >= 11 is 0. The van der Waals surface area contributed by atoms with E-state index in [1.807, 2.05) is 17.5 Å². The summed E-state index contributed by atoms with van der Waals surface area (Å²) in [5, 5.41) is 12.0. The number of hydrogen-bond acceptors (Lipinski definition) is 8. The molecule has 1 fully saturated rings. The maximum Gasteiger partial charge on any atom is 0.203 e. The lowest BCUT2D eigenvalue weighted by molar-refractivity contribution is 0.0989. The predicted octanol–water partition coefficient (Wildman–Crippen LogP) is 3.70. The highest BCUT2D eigenvalue weighted by molar-refractivity contribution is 5.84. The average molecular weight is 479 g/mol. The fourth-order valence-electron chi connectivity index (χ4n) is 4.80. The molecular weight excluding hydrogens is 444 g/mol. The minimum absolute atomic E-state index is 0.0541. The van der Waals surface area contributed by atoms with Gasteiger partial charge in [-0.25, -0.2) is 9.97 Å². The summed E-state index contributed by atoms with van der Waals surface area (Å²) in [6, 6.07) is 7.05. The van der Waals surface area contributed by atoms with Gasteiger partial charge in [0.25, 0.3) is 0 Å². The van der Waals surface area contributed by atoms with Crippen LogP contribution in [-0.2, 0) is 9.47 Å². The molecule has 5 rings (SSSR count). The highest BCUT2D eigenvalue weighted by atomic mass is 16.5.